The molecule has 14 heavy (non-hydrogen) atoms. The molecule has 0 saturated heterocycles. The van der Waals surface area contributed by atoms with Gasteiger partial charge in [0.15, 0.2) is 0 Å². The molecule has 0 unspecified atom stereocenters. The van der Waals surface area contributed by atoms with Gasteiger partial charge in [-0.25, -0.2) is 0 Å². The predicted octanol–water partition coefficient (Wildman–Crippen LogP) is 2.20. The van der Waals surface area contributed by atoms with E-state index in [9.17, 15) is 0 Å². The summed E-state index contributed by atoms with van der Waals surface area (Å²) in [4.78, 5) is 0. The molecule has 4 heteroatoms. The molecule has 0 fully saturated rings. The smallest absolute Gasteiger partial charge is 0.119 e. The van der Waals surface area contributed by atoms with Crippen molar-refractivity contribution < 1.29 is 0 Å². The molecule has 3 nitrogen and oxygen atoms in total. The van der Waals surface area contributed by atoms with Crippen LogP contribution in [0.15, 0.2) is 0 Å². The highest BCUT2D eigenvalue weighted by Crippen LogP contribution is 2.18. The first-order valence-corrected chi connectivity index (χ1v) is 6.08. The lowest BCUT2D eigenvalue weighted by Gasteiger charge is -1.98. The first kappa shape index (κ1) is 11.6. The first-order valence-electron chi connectivity index (χ1n) is 5.27. The maximum absolute atomic E-state index is 4.16. The highest BCUT2D eigenvalue weighted by atomic mass is 32.1. The second-order valence-electron chi connectivity index (χ2n) is 3.69. The highest BCUT2D eigenvalue weighted by Gasteiger charge is 2.06. The third-order valence-electron chi connectivity index (χ3n) is 1.92. The Hall–Kier alpha value is -0.480. The van der Waals surface area contributed by atoms with E-state index in [-0.39, 0.29) is 0 Å². The minimum Gasteiger partial charge on any atom is -0.316 e. The molecule has 0 aliphatic rings. The van der Waals surface area contributed by atoms with Crippen LogP contribution in [0, 0.1) is 0 Å². The van der Waals surface area contributed by atoms with Crippen molar-refractivity contribution in [1.82, 2.24) is 15.5 Å². The van der Waals surface area contributed by atoms with Gasteiger partial charge in [0.2, 0.25) is 0 Å². The minimum absolute atomic E-state index is 0.504. The van der Waals surface area contributed by atoms with E-state index in [0.717, 1.165) is 29.5 Å². The molecule has 0 spiro atoms. The quantitative estimate of drug-likeness (QED) is 0.736. The van der Waals surface area contributed by atoms with Gasteiger partial charge in [0.05, 0.1) is 0 Å². The second kappa shape index (κ2) is 6.09. The average Bonchev–Trinajstić information content (AvgIpc) is 2.61. The zero-order valence-electron chi connectivity index (χ0n) is 9.21. The summed E-state index contributed by atoms with van der Waals surface area (Å²) < 4.78 is 0. The van der Waals surface area contributed by atoms with Crippen molar-refractivity contribution in [2.24, 2.45) is 0 Å². The molecule has 0 amide bonds. The van der Waals surface area contributed by atoms with Crippen LogP contribution in [0.4, 0.5) is 0 Å². The van der Waals surface area contributed by atoms with Crippen molar-refractivity contribution in [2.45, 2.75) is 39.5 Å². The van der Waals surface area contributed by atoms with Crippen molar-refractivity contribution in [3.63, 3.8) is 0 Å². The third-order valence-corrected chi connectivity index (χ3v) is 3.20. The van der Waals surface area contributed by atoms with Gasteiger partial charge < -0.3 is 5.32 Å². The van der Waals surface area contributed by atoms with E-state index in [0.29, 0.717) is 5.92 Å². The fourth-order valence-corrected chi connectivity index (χ4v) is 1.94. The molecular formula is C10H19N3S. The first-order chi connectivity index (χ1) is 6.74. The molecule has 0 aliphatic heterocycles. The Morgan fingerprint density at radius 1 is 1.29 bits per heavy atom. The fraction of sp³-hybridized carbons (Fsp3) is 0.800. The van der Waals surface area contributed by atoms with Crippen LogP contribution in [0.25, 0.3) is 0 Å². The Morgan fingerprint density at radius 2 is 2.07 bits per heavy atom. The maximum atomic E-state index is 4.16. The average molecular weight is 213 g/mol. The maximum Gasteiger partial charge on any atom is 0.119 e. The van der Waals surface area contributed by atoms with Crippen molar-refractivity contribution in [3.05, 3.63) is 10.0 Å². The number of aromatic nitrogens is 2. The summed E-state index contributed by atoms with van der Waals surface area (Å²) >= 11 is 1.74. The van der Waals surface area contributed by atoms with Gasteiger partial charge in [-0.2, -0.15) is 0 Å². The van der Waals surface area contributed by atoms with E-state index in [2.05, 4.69) is 36.3 Å². The van der Waals surface area contributed by atoms with Crippen LogP contribution in [0.1, 0.15) is 43.1 Å². The summed E-state index contributed by atoms with van der Waals surface area (Å²) in [6, 6.07) is 0. The molecule has 0 bridgehead atoms. The van der Waals surface area contributed by atoms with E-state index in [1.807, 2.05) is 0 Å². The van der Waals surface area contributed by atoms with Gasteiger partial charge in [-0.3, -0.25) is 0 Å². The second-order valence-corrected chi connectivity index (χ2v) is 4.78. The van der Waals surface area contributed by atoms with E-state index in [4.69, 9.17) is 0 Å². The number of nitrogens with one attached hydrogen (secondary N) is 1. The molecule has 1 heterocycles. The summed E-state index contributed by atoms with van der Waals surface area (Å²) in [5.74, 6) is 0.504. The van der Waals surface area contributed by atoms with Crippen LogP contribution in [0.5, 0.6) is 0 Å². The molecule has 80 valence electrons. The molecule has 0 aliphatic carbocycles. The number of nitrogens with zero attached hydrogens (tertiary/aromatic N) is 2. The van der Waals surface area contributed by atoms with Crippen LogP contribution in [-0.4, -0.2) is 23.3 Å². The number of rotatable bonds is 6. The molecule has 0 saturated carbocycles. The van der Waals surface area contributed by atoms with Gasteiger partial charge in [0, 0.05) is 18.9 Å². The van der Waals surface area contributed by atoms with Crippen molar-refractivity contribution >= 4 is 11.3 Å². The standard InChI is InChI=1S/C10H19N3S/c1-4-6-11-7-5-9-12-13-10(14-9)8(2)3/h8,11H,4-7H2,1-3H3. The SMILES string of the molecule is CCCNCCc1nnc(C(C)C)s1. The van der Waals surface area contributed by atoms with E-state index >= 15 is 0 Å². The van der Waals surface area contributed by atoms with Gasteiger partial charge in [-0.05, 0) is 13.0 Å². The van der Waals surface area contributed by atoms with Crippen LogP contribution in [0.3, 0.4) is 0 Å². The molecule has 1 N–H and O–H groups in total. The van der Waals surface area contributed by atoms with Crippen molar-refractivity contribution in [1.29, 1.82) is 0 Å². The Labute approximate surface area is 89.9 Å². The van der Waals surface area contributed by atoms with Gasteiger partial charge in [0.25, 0.3) is 0 Å². The van der Waals surface area contributed by atoms with E-state index < -0.39 is 0 Å². The van der Waals surface area contributed by atoms with E-state index in [1.165, 1.54) is 6.42 Å². The van der Waals surface area contributed by atoms with Gasteiger partial charge >= 0.3 is 0 Å². The summed E-state index contributed by atoms with van der Waals surface area (Å²) in [6.07, 6.45) is 2.19. The molecule has 0 aromatic carbocycles. The lowest BCUT2D eigenvalue weighted by Crippen LogP contribution is -2.17. The Kier molecular flexibility index (Phi) is 5.04. The van der Waals surface area contributed by atoms with Crippen LogP contribution < -0.4 is 5.32 Å². The van der Waals surface area contributed by atoms with Crippen molar-refractivity contribution in [3.8, 4) is 0 Å². The predicted molar refractivity (Wildman–Crippen MR) is 60.9 cm³/mol. The third kappa shape index (κ3) is 3.72. The largest absolute Gasteiger partial charge is 0.316 e. The van der Waals surface area contributed by atoms with Gasteiger partial charge in [-0.1, -0.05) is 20.8 Å². The molecule has 0 radical (unpaired) electrons. The summed E-state index contributed by atoms with van der Waals surface area (Å²) in [5, 5.41) is 14.0. The van der Waals surface area contributed by atoms with Crippen LogP contribution in [0.2, 0.25) is 0 Å². The lowest BCUT2D eigenvalue weighted by molar-refractivity contribution is 0.667. The van der Waals surface area contributed by atoms with Crippen molar-refractivity contribution in [2.75, 3.05) is 13.1 Å². The van der Waals surface area contributed by atoms with Crippen LogP contribution in [-0.2, 0) is 6.42 Å². The minimum atomic E-state index is 0.504. The summed E-state index contributed by atoms with van der Waals surface area (Å²) in [5.41, 5.74) is 0. The molecule has 1 aromatic heterocycles. The Bertz CT molecular complexity index is 258. The number of hydrogen-bond donors (Lipinski definition) is 1. The Balaban J connectivity index is 2.29. The highest BCUT2D eigenvalue weighted by molar-refractivity contribution is 7.11. The van der Waals surface area contributed by atoms with Crippen LogP contribution >= 0.6 is 11.3 Å². The Morgan fingerprint density at radius 3 is 2.64 bits per heavy atom. The molecule has 1 rings (SSSR count). The zero-order valence-corrected chi connectivity index (χ0v) is 10.0. The monoisotopic (exact) mass is 213 g/mol. The van der Waals surface area contributed by atoms with Gasteiger partial charge in [0.1, 0.15) is 10.0 Å². The molecular weight excluding hydrogens is 194 g/mol. The van der Waals surface area contributed by atoms with Gasteiger partial charge in [-0.15, -0.1) is 21.5 Å². The topological polar surface area (TPSA) is 37.8 Å². The summed E-state index contributed by atoms with van der Waals surface area (Å²) in [6.45, 7) is 8.59. The zero-order chi connectivity index (χ0) is 10.4. The van der Waals surface area contributed by atoms with E-state index in [1.54, 1.807) is 11.3 Å². The normalized spacial score (nSPS) is 11.1. The summed E-state index contributed by atoms with van der Waals surface area (Å²) in [7, 11) is 0. The lowest BCUT2D eigenvalue weighted by atomic mass is 10.2. The molecule has 0 atom stereocenters. The number of hydrogen-bond acceptors (Lipinski definition) is 4. The fourth-order valence-electron chi connectivity index (χ4n) is 1.10. The molecule has 1 aromatic rings.